The number of thiophene rings is 1. The van der Waals surface area contributed by atoms with Crippen molar-refractivity contribution in [2.75, 3.05) is 6.61 Å². The lowest BCUT2D eigenvalue weighted by atomic mass is 9.99. The van der Waals surface area contributed by atoms with Gasteiger partial charge < -0.3 is 5.11 Å². The molecule has 0 saturated heterocycles. The van der Waals surface area contributed by atoms with Gasteiger partial charge in [0.05, 0.1) is 6.61 Å². The molecule has 0 bridgehead atoms. The number of pyridine rings is 1. The van der Waals surface area contributed by atoms with Crippen LogP contribution in [-0.4, -0.2) is 16.7 Å². The summed E-state index contributed by atoms with van der Waals surface area (Å²) in [5, 5.41) is 12.6. The van der Waals surface area contributed by atoms with E-state index in [4.69, 9.17) is 11.6 Å². The van der Waals surface area contributed by atoms with Crippen LogP contribution in [0.1, 0.15) is 24.1 Å². The van der Waals surface area contributed by atoms with Crippen LogP contribution in [0.15, 0.2) is 48.0 Å². The Labute approximate surface area is 150 Å². The molecule has 0 amide bonds. The van der Waals surface area contributed by atoms with E-state index in [-0.39, 0.29) is 12.0 Å². The molecule has 1 aliphatic rings. The van der Waals surface area contributed by atoms with Gasteiger partial charge in [-0.1, -0.05) is 23.7 Å². The Morgan fingerprint density at radius 2 is 2.00 bits per heavy atom. The Morgan fingerprint density at radius 3 is 2.71 bits per heavy atom. The van der Waals surface area contributed by atoms with Crippen LogP contribution in [0.4, 0.5) is 0 Å². The second kappa shape index (κ2) is 5.99. The Balaban J connectivity index is 1.69. The summed E-state index contributed by atoms with van der Waals surface area (Å²) in [7, 11) is 0. The van der Waals surface area contributed by atoms with E-state index in [9.17, 15) is 5.11 Å². The van der Waals surface area contributed by atoms with Gasteiger partial charge in [-0.15, -0.1) is 11.3 Å². The minimum atomic E-state index is -0.102. The lowest BCUT2D eigenvalue weighted by Crippen LogP contribution is -2.13. The Hall–Kier alpha value is -1.68. The van der Waals surface area contributed by atoms with Gasteiger partial charge in [-0.2, -0.15) is 0 Å². The first-order chi connectivity index (χ1) is 11.6. The molecule has 1 fully saturated rings. The van der Waals surface area contributed by atoms with Crippen LogP contribution in [-0.2, 0) is 5.41 Å². The molecule has 2 aromatic heterocycles. The number of aromatic nitrogens is 1. The number of aryl methyl sites for hydroxylation is 1. The molecule has 4 rings (SSSR count). The summed E-state index contributed by atoms with van der Waals surface area (Å²) in [5.74, 6) is 0. The van der Waals surface area contributed by atoms with Gasteiger partial charge >= 0.3 is 0 Å². The molecule has 1 aromatic carbocycles. The van der Waals surface area contributed by atoms with E-state index in [0.717, 1.165) is 45.1 Å². The number of halogens is 1. The zero-order valence-corrected chi connectivity index (χ0v) is 15.0. The molecule has 2 nitrogen and oxygen atoms in total. The van der Waals surface area contributed by atoms with Crippen molar-refractivity contribution in [3.05, 3.63) is 64.3 Å². The highest BCUT2D eigenvalue weighted by Gasteiger charge is 2.45. The van der Waals surface area contributed by atoms with E-state index < -0.39 is 0 Å². The van der Waals surface area contributed by atoms with E-state index in [2.05, 4.69) is 34.6 Å². The molecule has 0 radical (unpaired) electrons. The average Bonchev–Trinajstić information content (AvgIpc) is 3.25. The highest BCUT2D eigenvalue weighted by molar-refractivity contribution is 7.14. The Bertz CT molecular complexity index is 898. The van der Waals surface area contributed by atoms with Crippen molar-refractivity contribution in [1.29, 1.82) is 0 Å². The van der Waals surface area contributed by atoms with Crippen LogP contribution in [0, 0.1) is 6.92 Å². The van der Waals surface area contributed by atoms with Crippen LogP contribution >= 0.6 is 22.9 Å². The van der Waals surface area contributed by atoms with Gasteiger partial charge in [0.1, 0.15) is 0 Å². The molecule has 3 aromatic rings. The maximum atomic E-state index is 9.62. The summed E-state index contributed by atoms with van der Waals surface area (Å²) in [6.45, 7) is 2.22. The lowest BCUT2D eigenvalue weighted by Gasteiger charge is -2.11. The van der Waals surface area contributed by atoms with Crippen LogP contribution in [0.2, 0.25) is 5.02 Å². The third-order valence-corrected chi connectivity index (χ3v) is 6.06. The monoisotopic (exact) mass is 355 g/mol. The maximum Gasteiger partial charge on any atom is 0.0543 e. The number of aliphatic hydroxyl groups excluding tert-OH is 1. The molecule has 1 N–H and O–H groups in total. The van der Waals surface area contributed by atoms with E-state index in [1.807, 2.05) is 25.3 Å². The molecule has 0 atom stereocenters. The minimum Gasteiger partial charge on any atom is -0.395 e. The van der Waals surface area contributed by atoms with Gasteiger partial charge in [-0.05, 0) is 66.1 Å². The van der Waals surface area contributed by atoms with Crippen LogP contribution < -0.4 is 0 Å². The van der Waals surface area contributed by atoms with Crippen LogP contribution in [0.3, 0.4) is 0 Å². The molecule has 0 spiro atoms. The third-order valence-electron chi connectivity index (χ3n) is 4.78. The molecule has 1 saturated carbocycles. The molecule has 2 heterocycles. The summed E-state index contributed by atoms with van der Waals surface area (Å²) < 4.78 is 0. The molecular formula is C20H18ClNOS. The van der Waals surface area contributed by atoms with Crippen molar-refractivity contribution in [1.82, 2.24) is 4.98 Å². The van der Waals surface area contributed by atoms with E-state index in [1.165, 1.54) is 5.56 Å². The van der Waals surface area contributed by atoms with Crippen molar-refractivity contribution >= 4 is 22.9 Å². The molecule has 0 aliphatic heterocycles. The zero-order chi connectivity index (χ0) is 16.7. The first-order valence-electron chi connectivity index (χ1n) is 8.04. The fourth-order valence-corrected chi connectivity index (χ4v) is 4.35. The summed E-state index contributed by atoms with van der Waals surface area (Å²) in [4.78, 5) is 5.64. The largest absolute Gasteiger partial charge is 0.395 e. The van der Waals surface area contributed by atoms with Gasteiger partial charge in [0.25, 0.3) is 0 Å². The van der Waals surface area contributed by atoms with Crippen LogP contribution in [0.5, 0.6) is 0 Å². The van der Waals surface area contributed by atoms with Crippen molar-refractivity contribution in [3.63, 3.8) is 0 Å². The Morgan fingerprint density at radius 1 is 1.17 bits per heavy atom. The van der Waals surface area contributed by atoms with E-state index in [0.29, 0.717) is 0 Å². The standard InChI is InChI=1S/C20H18ClNOS/c1-13-2-3-16(17(21)8-13)18-9-15(11-24-18)14-4-7-22-19(10-14)20(12-23)5-6-20/h2-4,7-11,23H,5-6,12H2,1H3. The topological polar surface area (TPSA) is 33.1 Å². The second-order valence-electron chi connectivity index (χ2n) is 6.55. The smallest absolute Gasteiger partial charge is 0.0543 e. The highest BCUT2D eigenvalue weighted by Crippen LogP contribution is 2.47. The molecule has 0 unspecified atom stereocenters. The normalized spacial score (nSPS) is 15.5. The highest BCUT2D eigenvalue weighted by atomic mass is 35.5. The van der Waals surface area contributed by atoms with Crippen molar-refractivity contribution in [2.45, 2.75) is 25.2 Å². The quantitative estimate of drug-likeness (QED) is 0.673. The predicted molar refractivity (Wildman–Crippen MR) is 101 cm³/mol. The fraction of sp³-hybridized carbons (Fsp3) is 0.250. The summed E-state index contributed by atoms with van der Waals surface area (Å²) >= 11 is 8.10. The zero-order valence-electron chi connectivity index (χ0n) is 13.4. The molecule has 1 aliphatic carbocycles. The first-order valence-corrected chi connectivity index (χ1v) is 9.30. The number of nitrogens with zero attached hydrogens (tertiary/aromatic N) is 1. The summed E-state index contributed by atoms with van der Waals surface area (Å²) in [5.41, 5.74) is 5.45. The molecular weight excluding hydrogens is 338 g/mol. The van der Waals surface area contributed by atoms with Crippen molar-refractivity contribution in [3.8, 4) is 21.6 Å². The second-order valence-corrected chi connectivity index (χ2v) is 7.87. The number of rotatable bonds is 4. The number of hydrogen-bond acceptors (Lipinski definition) is 3. The van der Waals surface area contributed by atoms with Gasteiger partial charge in [0, 0.05) is 32.8 Å². The summed E-state index contributed by atoms with van der Waals surface area (Å²) in [6.07, 6.45) is 3.89. The lowest BCUT2D eigenvalue weighted by molar-refractivity contribution is 0.252. The average molecular weight is 356 g/mol. The molecule has 122 valence electrons. The van der Waals surface area contributed by atoms with Gasteiger partial charge in [-0.25, -0.2) is 0 Å². The SMILES string of the molecule is Cc1ccc(-c2cc(-c3ccnc(C4(CO)CC4)c3)cs2)c(Cl)c1. The van der Waals surface area contributed by atoms with E-state index >= 15 is 0 Å². The number of benzene rings is 1. The summed E-state index contributed by atoms with van der Waals surface area (Å²) in [6, 6.07) is 12.5. The molecule has 4 heteroatoms. The fourth-order valence-electron chi connectivity index (χ4n) is 3.00. The Kier molecular flexibility index (Phi) is 3.95. The maximum absolute atomic E-state index is 9.62. The van der Waals surface area contributed by atoms with Crippen molar-refractivity contribution in [2.24, 2.45) is 0 Å². The van der Waals surface area contributed by atoms with E-state index in [1.54, 1.807) is 11.3 Å². The molecule has 24 heavy (non-hydrogen) atoms. The first kappa shape index (κ1) is 15.8. The van der Waals surface area contributed by atoms with Gasteiger partial charge in [-0.3, -0.25) is 4.98 Å². The third kappa shape index (κ3) is 2.77. The number of aliphatic hydroxyl groups is 1. The minimum absolute atomic E-state index is 0.102. The van der Waals surface area contributed by atoms with Gasteiger partial charge in [0.2, 0.25) is 0 Å². The number of hydrogen-bond donors (Lipinski definition) is 1. The van der Waals surface area contributed by atoms with Crippen molar-refractivity contribution < 1.29 is 5.11 Å². The van der Waals surface area contributed by atoms with Gasteiger partial charge in [0.15, 0.2) is 0 Å². The van der Waals surface area contributed by atoms with Crippen LogP contribution in [0.25, 0.3) is 21.6 Å². The predicted octanol–water partition coefficient (Wildman–Crippen LogP) is 5.46.